The molecule has 4 nitrogen and oxygen atoms in total. The summed E-state index contributed by atoms with van der Waals surface area (Å²) in [7, 11) is 0. The van der Waals surface area contributed by atoms with Gasteiger partial charge in [0.05, 0.1) is 15.9 Å². The number of aromatic nitrogens is 2. The molecule has 1 aromatic heterocycles. The van der Waals surface area contributed by atoms with Crippen molar-refractivity contribution in [3.8, 4) is 0 Å². The van der Waals surface area contributed by atoms with Crippen LogP contribution in [-0.2, 0) is 0 Å². The molecule has 0 fully saturated rings. The van der Waals surface area contributed by atoms with Gasteiger partial charge in [0.25, 0.3) is 11.5 Å². The Bertz CT molecular complexity index is 1010. The van der Waals surface area contributed by atoms with Crippen LogP contribution < -0.4 is 5.56 Å². The minimum absolute atomic E-state index is 0.0180. The summed E-state index contributed by atoms with van der Waals surface area (Å²) >= 11 is 17.1. The SMILES string of the molecule is O=C(c1ccccc1)n1c(=S)[nH]c2c(Cl)cc(Cl)cc2c1=O. The molecule has 3 aromatic rings. The molecule has 0 radical (unpaired) electrons. The number of H-pyrrole nitrogens is 1. The molecule has 0 saturated heterocycles. The van der Waals surface area contributed by atoms with Crippen LogP contribution in [0.4, 0.5) is 0 Å². The molecular formula is C15H8Cl2N2O2S. The Morgan fingerprint density at radius 3 is 2.50 bits per heavy atom. The van der Waals surface area contributed by atoms with Gasteiger partial charge < -0.3 is 4.98 Å². The summed E-state index contributed by atoms with van der Waals surface area (Å²) in [5.41, 5.74) is 0.159. The molecule has 2 aromatic carbocycles. The molecule has 3 rings (SSSR count). The van der Waals surface area contributed by atoms with Crippen LogP contribution in [0, 0.1) is 4.77 Å². The van der Waals surface area contributed by atoms with Crippen molar-refractivity contribution in [3.63, 3.8) is 0 Å². The summed E-state index contributed by atoms with van der Waals surface area (Å²) in [6.07, 6.45) is 0. The van der Waals surface area contributed by atoms with Gasteiger partial charge in [0.1, 0.15) is 0 Å². The molecule has 0 aliphatic carbocycles. The second kappa shape index (κ2) is 5.68. The first kappa shape index (κ1) is 15.0. The molecule has 0 spiro atoms. The number of halogens is 2. The number of carbonyl (C=O) groups is 1. The maximum atomic E-state index is 12.6. The molecule has 0 aliphatic rings. The van der Waals surface area contributed by atoms with Gasteiger partial charge in [-0.25, -0.2) is 4.57 Å². The number of fused-ring (bicyclic) bond motifs is 1. The Morgan fingerprint density at radius 2 is 1.82 bits per heavy atom. The number of rotatable bonds is 1. The van der Waals surface area contributed by atoms with E-state index in [9.17, 15) is 9.59 Å². The highest BCUT2D eigenvalue weighted by Gasteiger charge is 2.16. The number of benzene rings is 2. The van der Waals surface area contributed by atoms with Crippen LogP contribution in [0.5, 0.6) is 0 Å². The second-order valence-electron chi connectivity index (χ2n) is 4.55. The van der Waals surface area contributed by atoms with E-state index in [2.05, 4.69) is 4.98 Å². The van der Waals surface area contributed by atoms with Crippen molar-refractivity contribution in [2.45, 2.75) is 0 Å². The van der Waals surface area contributed by atoms with E-state index in [4.69, 9.17) is 35.4 Å². The lowest BCUT2D eigenvalue weighted by Crippen LogP contribution is -2.29. The van der Waals surface area contributed by atoms with Crippen molar-refractivity contribution in [2.24, 2.45) is 0 Å². The fourth-order valence-electron chi connectivity index (χ4n) is 2.14. The maximum Gasteiger partial charge on any atom is 0.269 e. The fraction of sp³-hybridized carbons (Fsp3) is 0. The Morgan fingerprint density at radius 1 is 1.14 bits per heavy atom. The molecule has 0 aliphatic heterocycles. The third-order valence-corrected chi connectivity index (χ3v) is 3.95. The van der Waals surface area contributed by atoms with Crippen LogP contribution in [0.1, 0.15) is 10.4 Å². The van der Waals surface area contributed by atoms with Crippen LogP contribution in [0.25, 0.3) is 10.9 Å². The van der Waals surface area contributed by atoms with Gasteiger partial charge in [0.15, 0.2) is 4.77 Å². The standard InChI is InChI=1S/C15H8Cl2N2O2S/c16-9-6-10-12(11(17)7-9)18-15(22)19(14(10)21)13(20)8-4-2-1-3-5-8/h1-7H,(H,18,22). The fourth-order valence-corrected chi connectivity index (χ4v) is 2.95. The molecular weight excluding hydrogens is 343 g/mol. The number of aromatic amines is 1. The highest BCUT2D eigenvalue weighted by molar-refractivity contribution is 7.71. The minimum atomic E-state index is -0.558. The molecule has 0 saturated carbocycles. The van der Waals surface area contributed by atoms with E-state index in [1.54, 1.807) is 30.3 Å². The van der Waals surface area contributed by atoms with Crippen molar-refractivity contribution in [1.29, 1.82) is 0 Å². The van der Waals surface area contributed by atoms with Crippen molar-refractivity contribution in [3.05, 3.63) is 73.2 Å². The van der Waals surface area contributed by atoms with Crippen LogP contribution >= 0.6 is 35.4 Å². The normalized spacial score (nSPS) is 10.8. The average molecular weight is 351 g/mol. The molecule has 0 atom stereocenters. The van der Waals surface area contributed by atoms with Crippen LogP contribution in [0.15, 0.2) is 47.3 Å². The van der Waals surface area contributed by atoms with Gasteiger partial charge in [-0.05, 0) is 36.5 Å². The highest BCUT2D eigenvalue weighted by Crippen LogP contribution is 2.24. The third-order valence-electron chi connectivity index (χ3n) is 3.15. The lowest BCUT2D eigenvalue weighted by molar-refractivity contribution is 0.0953. The number of carbonyl (C=O) groups excluding carboxylic acids is 1. The first-order valence-electron chi connectivity index (χ1n) is 6.23. The van der Waals surface area contributed by atoms with Crippen molar-refractivity contribution in [1.82, 2.24) is 9.55 Å². The van der Waals surface area contributed by atoms with Gasteiger partial charge in [0.2, 0.25) is 0 Å². The Labute approximate surface area is 139 Å². The molecule has 1 heterocycles. The molecule has 0 amide bonds. The minimum Gasteiger partial charge on any atom is -0.330 e. The summed E-state index contributed by atoms with van der Waals surface area (Å²) in [4.78, 5) is 27.9. The zero-order valence-corrected chi connectivity index (χ0v) is 13.3. The van der Waals surface area contributed by atoms with Crippen molar-refractivity contribution >= 4 is 52.2 Å². The van der Waals surface area contributed by atoms with Gasteiger partial charge in [-0.1, -0.05) is 41.4 Å². The number of hydrogen-bond donors (Lipinski definition) is 1. The summed E-state index contributed by atoms with van der Waals surface area (Å²) < 4.78 is 0.884. The summed E-state index contributed by atoms with van der Waals surface area (Å²) in [5, 5.41) is 0.777. The summed E-state index contributed by atoms with van der Waals surface area (Å²) in [5.74, 6) is -0.509. The Hall–Kier alpha value is -1.95. The molecule has 7 heteroatoms. The van der Waals surface area contributed by atoms with Gasteiger partial charge >= 0.3 is 0 Å². The van der Waals surface area contributed by atoms with Crippen LogP contribution in [-0.4, -0.2) is 15.5 Å². The lowest BCUT2D eigenvalue weighted by atomic mass is 10.2. The number of nitrogens with one attached hydrogen (secondary N) is 1. The van der Waals surface area contributed by atoms with E-state index in [1.165, 1.54) is 12.1 Å². The van der Waals surface area contributed by atoms with E-state index < -0.39 is 11.5 Å². The van der Waals surface area contributed by atoms with E-state index in [0.29, 0.717) is 16.1 Å². The van der Waals surface area contributed by atoms with E-state index in [0.717, 1.165) is 4.57 Å². The molecule has 22 heavy (non-hydrogen) atoms. The average Bonchev–Trinajstić information content (AvgIpc) is 2.49. The predicted molar refractivity (Wildman–Crippen MR) is 89.6 cm³/mol. The van der Waals surface area contributed by atoms with Crippen LogP contribution in [0.3, 0.4) is 0 Å². The van der Waals surface area contributed by atoms with Gasteiger partial charge in [-0.3, -0.25) is 9.59 Å². The quantitative estimate of drug-likeness (QED) is 0.673. The number of hydrogen-bond acceptors (Lipinski definition) is 3. The Balaban J connectivity index is 2.35. The largest absolute Gasteiger partial charge is 0.330 e. The zero-order chi connectivity index (χ0) is 15.9. The van der Waals surface area contributed by atoms with Gasteiger partial charge in [0, 0.05) is 10.6 Å². The maximum absolute atomic E-state index is 12.6. The molecule has 0 bridgehead atoms. The molecule has 0 unspecified atom stereocenters. The van der Waals surface area contributed by atoms with Gasteiger partial charge in [-0.15, -0.1) is 0 Å². The number of nitrogens with zero attached hydrogens (tertiary/aromatic N) is 1. The summed E-state index contributed by atoms with van der Waals surface area (Å²) in [6.45, 7) is 0. The monoisotopic (exact) mass is 350 g/mol. The highest BCUT2D eigenvalue weighted by atomic mass is 35.5. The lowest BCUT2D eigenvalue weighted by Gasteiger charge is -2.08. The third kappa shape index (κ3) is 2.47. The molecule has 1 N–H and O–H groups in total. The predicted octanol–water partition coefficient (Wildman–Crippen LogP) is 4.05. The van der Waals surface area contributed by atoms with Crippen molar-refractivity contribution < 1.29 is 4.79 Å². The van der Waals surface area contributed by atoms with E-state index in [1.807, 2.05) is 0 Å². The first-order valence-corrected chi connectivity index (χ1v) is 7.39. The molecule has 110 valence electrons. The van der Waals surface area contributed by atoms with E-state index in [-0.39, 0.29) is 15.2 Å². The second-order valence-corrected chi connectivity index (χ2v) is 5.78. The van der Waals surface area contributed by atoms with E-state index >= 15 is 0 Å². The first-order chi connectivity index (χ1) is 10.5. The Kier molecular flexibility index (Phi) is 3.87. The van der Waals surface area contributed by atoms with Crippen molar-refractivity contribution in [2.75, 3.05) is 0 Å². The van der Waals surface area contributed by atoms with Gasteiger partial charge in [-0.2, -0.15) is 0 Å². The zero-order valence-electron chi connectivity index (χ0n) is 11.0. The van der Waals surface area contributed by atoms with Crippen LogP contribution in [0.2, 0.25) is 10.0 Å². The topological polar surface area (TPSA) is 54.9 Å². The summed E-state index contributed by atoms with van der Waals surface area (Å²) in [6, 6.07) is 11.4. The smallest absolute Gasteiger partial charge is 0.269 e.